The van der Waals surface area contributed by atoms with Gasteiger partial charge in [0.05, 0.1) is 12.2 Å². The summed E-state index contributed by atoms with van der Waals surface area (Å²) >= 11 is 3.44. The van der Waals surface area contributed by atoms with Crippen molar-refractivity contribution in [3.8, 4) is 0 Å². The Morgan fingerprint density at radius 3 is 2.95 bits per heavy atom. The Hall–Kier alpha value is -2.08. The van der Waals surface area contributed by atoms with Gasteiger partial charge in [-0.2, -0.15) is 5.10 Å². The van der Waals surface area contributed by atoms with E-state index in [0.29, 0.717) is 6.54 Å². The van der Waals surface area contributed by atoms with Gasteiger partial charge in [0.25, 0.3) is 0 Å². The Balaban J connectivity index is 1.94. The first kappa shape index (κ1) is 12.0. The topological polar surface area (TPSA) is 70.9 Å². The molecule has 0 spiro atoms. The fourth-order valence-electron chi connectivity index (χ4n) is 2.04. The highest BCUT2D eigenvalue weighted by Gasteiger charge is 2.09. The summed E-state index contributed by atoms with van der Waals surface area (Å²) in [6, 6.07) is 9.62. The molecular weight excluding hydrogens is 310 g/mol. The van der Waals surface area contributed by atoms with Crippen molar-refractivity contribution in [3.63, 3.8) is 0 Å². The lowest BCUT2D eigenvalue weighted by Crippen LogP contribution is -1.98. The number of aromatic amines is 1. The SMILES string of the molecule is O=C(O)c1cc(Cn2ccc3cc(Br)ccc32)[nH]n1. The van der Waals surface area contributed by atoms with Crippen molar-refractivity contribution in [3.05, 3.63) is 52.4 Å². The number of H-pyrrole nitrogens is 1. The number of nitrogens with zero attached hydrogens (tertiary/aromatic N) is 2. The maximum atomic E-state index is 10.8. The van der Waals surface area contributed by atoms with E-state index in [-0.39, 0.29) is 5.69 Å². The second kappa shape index (κ2) is 4.55. The molecule has 0 radical (unpaired) electrons. The molecule has 0 saturated heterocycles. The van der Waals surface area contributed by atoms with Gasteiger partial charge in [-0.1, -0.05) is 15.9 Å². The number of carbonyl (C=O) groups is 1. The lowest BCUT2D eigenvalue weighted by molar-refractivity contribution is 0.0690. The molecule has 0 atom stereocenters. The van der Waals surface area contributed by atoms with Gasteiger partial charge in [0, 0.05) is 21.6 Å². The van der Waals surface area contributed by atoms with Crippen LogP contribution >= 0.6 is 15.9 Å². The largest absolute Gasteiger partial charge is 0.476 e. The van der Waals surface area contributed by atoms with Crippen LogP contribution in [0.1, 0.15) is 16.2 Å². The second-order valence-corrected chi connectivity index (χ2v) is 5.15. The summed E-state index contributed by atoms with van der Waals surface area (Å²) in [6.45, 7) is 0.561. The first-order valence-electron chi connectivity index (χ1n) is 5.65. The van der Waals surface area contributed by atoms with Crippen LogP contribution in [0.25, 0.3) is 10.9 Å². The Bertz CT molecular complexity index is 760. The fourth-order valence-corrected chi connectivity index (χ4v) is 2.42. The van der Waals surface area contributed by atoms with E-state index in [1.165, 1.54) is 0 Å². The number of halogens is 1. The molecule has 2 N–H and O–H groups in total. The van der Waals surface area contributed by atoms with Crippen LogP contribution in [0.15, 0.2) is 41.0 Å². The molecule has 1 aromatic carbocycles. The number of hydrogen-bond acceptors (Lipinski definition) is 2. The number of hydrogen-bond donors (Lipinski definition) is 2. The zero-order valence-corrected chi connectivity index (χ0v) is 11.4. The van der Waals surface area contributed by atoms with Crippen molar-refractivity contribution in [2.24, 2.45) is 0 Å². The third kappa shape index (κ3) is 2.26. The average molecular weight is 320 g/mol. The molecule has 0 bridgehead atoms. The third-order valence-electron chi connectivity index (χ3n) is 2.92. The highest BCUT2D eigenvalue weighted by Crippen LogP contribution is 2.21. The van der Waals surface area contributed by atoms with Crippen molar-refractivity contribution in [1.82, 2.24) is 14.8 Å². The van der Waals surface area contributed by atoms with Crippen LogP contribution < -0.4 is 0 Å². The molecule has 0 fully saturated rings. The van der Waals surface area contributed by atoms with Crippen molar-refractivity contribution >= 4 is 32.8 Å². The Labute approximate surface area is 117 Å². The number of carboxylic acid groups (broad SMARTS) is 1. The summed E-state index contributed by atoms with van der Waals surface area (Å²) in [7, 11) is 0. The van der Waals surface area contributed by atoms with Gasteiger partial charge in [0.1, 0.15) is 0 Å². The van der Waals surface area contributed by atoms with E-state index in [2.05, 4.69) is 26.1 Å². The highest BCUT2D eigenvalue weighted by atomic mass is 79.9. The van der Waals surface area contributed by atoms with Crippen LogP contribution in [-0.2, 0) is 6.54 Å². The summed E-state index contributed by atoms with van der Waals surface area (Å²) < 4.78 is 3.08. The van der Waals surface area contributed by atoms with E-state index < -0.39 is 5.97 Å². The molecule has 3 aromatic rings. The van der Waals surface area contributed by atoms with Crippen molar-refractivity contribution < 1.29 is 9.90 Å². The van der Waals surface area contributed by atoms with Crippen molar-refractivity contribution in [1.29, 1.82) is 0 Å². The van der Waals surface area contributed by atoms with Gasteiger partial charge in [0.15, 0.2) is 5.69 Å². The number of aromatic carboxylic acids is 1. The summed E-state index contributed by atoms with van der Waals surface area (Å²) in [5.41, 5.74) is 1.89. The van der Waals surface area contributed by atoms with Crippen LogP contribution in [0, 0.1) is 0 Å². The summed E-state index contributed by atoms with van der Waals surface area (Å²) in [5.74, 6) is -1.02. The maximum Gasteiger partial charge on any atom is 0.356 e. The first-order chi connectivity index (χ1) is 9.13. The predicted molar refractivity (Wildman–Crippen MR) is 74.3 cm³/mol. The second-order valence-electron chi connectivity index (χ2n) is 4.23. The van der Waals surface area contributed by atoms with Gasteiger partial charge < -0.3 is 9.67 Å². The lowest BCUT2D eigenvalue weighted by Gasteiger charge is -2.03. The molecule has 0 amide bonds. The Morgan fingerprint density at radius 2 is 2.21 bits per heavy atom. The fraction of sp³-hybridized carbons (Fsp3) is 0.0769. The van der Waals surface area contributed by atoms with Gasteiger partial charge in [-0.05, 0) is 30.3 Å². The molecule has 0 aliphatic carbocycles. The molecule has 96 valence electrons. The molecule has 2 heterocycles. The quantitative estimate of drug-likeness (QED) is 0.779. The molecule has 2 aromatic heterocycles. The smallest absolute Gasteiger partial charge is 0.356 e. The van der Waals surface area contributed by atoms with Crippen LogP contribution in [0.2, 0.25) is 0 Å². The molecule has 19 heavy (non-hydrogen) atoms. The van der Waals surface area contributed by atoms with Gasteiger partial charge in [0.2, 0.25) is 0 Å². The molecule has 0 saturated carbocycles. The van der Waals surface area contributed by atoms with E-state index in [4.69, 9.17) is 5.11 Å². The van der Waals surface area contributed by atoms with Crippen molar-refractivity contribution in [2.75, 3.05) is 0 Å². The standard InChI is InChI=1S/C13H10BrN3O2/c14-9-1-2-12-8(5-9)3-4-17(12)7-10-6-11(13(18)19)16-15-10/h1-6H,7H2,(H,15,16)(H,18,19). The average Bonchev–Trinajstić information content (AvgIpc) is 2.97. The zero-order valence-electron chi connectivity index (χ0n) is 9.80. The number of aromatic nitrogens is 3. The van der Waals surface area contributed by atoms with Gasteiger partial charge >= 0.3 is 5.97 Å². The van der Waals surface area contributed by atoms with Crippen LogP contribution in [-0.4, -0.2) is 25.8 Å². The zero-order chi connectivity index (χ0) is 13.4. The van der Waals surface area contributed by atoms with Crippen LogP contribution in [0.5, 0.6) is 0 Å². The number of rotatable bonds is 3. The molecule has 0 aliphatic heterocycles. The third-order valence-corrected chi connectivity index (χ3v) is 3.42. The van der Waals surface area contributed by atoms with Crippen molar-refractivity contribution in [2.45, 2.75) is 6.54 Å². The molecule has 6 heteroatoms. The summed E-state index contributed by atoms with van der Waals surface area (Å²) in [6.07, 6.45) is 1.97. The number of benzene rings is 1. The molecule has 3 rings (SSSR count). The first-order valence-corrected chi connectivity index (χ1v) is 6.45. The van der Waals surface area contributed by atoms with Crippen LogP contribution in [0.3, 0.4) is 0 Å². The predicted octanol–water partition coefficient (Wildman–Crippen LogP) is 2.87. The minimum absolute atomic E-state index is 0.0363. The van der Waals surface area contributed by atoms with E-state index >= 15 is 0 Å². The molecule has 0 aliphatic rings. The highest BCUT2D eigenvalue weighted by molar-refractivity contribution is 9.10. The molecular formula is C13H10BrN3O2. The summed E-state index contributed by atoms with van der Waals surface area (Å²) in [5, 5.41) is 16.4. The molecule has 5 nitrogen and oxygen atoms in total. The van der Waals surface area contributed by atoms with E-state index in [1.807, 2.05) is 35.0 Å². The van der Waals surface area contributed by atoms with Gasteiger partial charge in [-0.25, -0.2) is 4.79 Å². The minimum Gasteiger partial charge on any atom is -0.476 e. The Morgan fingerprint density at radius 1 is 1.37 bits per heavy atom. The lowest BCUT2D eigenvalue weighted by atomic mass is 10.2. The van der Waals surface area contributed by atoms with E-state index in [9.17, 15) is 4.79 Å². The van der Waals surface area contributed by atoms with E-state index in [0.717, 1.165) is 21.1 Å². The number of nitrogens with one attached hydrogen (secondary N) is 1. The number of fused-ring (bicyclic) bond motifs is 1. The van der Waals surface area contributed by atoms with Gasteiger partial charge in [-0.3, -0.25) is 5.10 Å². The number of carboxylic acids is 1. The van der Waals surface area contributed by atoms with Crippen LogP contribution in [0.4, 0.5) is 0 Å². The monoisotopic (exact) mass is 319 g/mol. The summed E-state index contributed by atoms with van der Waals surface area (Å²) in [4.78, 5) is 10.8. The Kier molecular flexibility index (Phi) is 2.87. The normalized spacial score (nSPS) is 11.0. The molecule has 0 unspecified atom stereocenters. The minimum atomic E-state index is -1.02. The van der Waals surface area contributed by atoms with E-state index in [1.54, 1.807) is 6.07 Å². The van der Waals surface area contributed by atoms with Gasteiger partial charge in [-0.15, -0.1) is 0 Å². The maximum absolute atomic E-state index is 10.8.